The number of hydrogen-bond acceptors (Lipinski definition) is 3. The van der Waals surface area contributed by atoms with Gasteiger partial charge in [-0.05, 0) is 31.0 Å². The van der Waals surface area contributed by atoms with Crippen molar-refractivity contribution in [1.82, 2.24) is 4.90 Å². The number of halogens is 1. The van der Waals surface area contributed by atoms with Crippen LogP contribution in [0.1, 0.15) is 29.4 Å². The lowest BCUT2D eigenvalue weighted by atomic mass is 10.1. The summed E-state index contributed by atoms with van der Waals surface area (Å²) in [5.74, 6) is -2.07. The number of carboxylic acid groups (broad SMARTS) is 1. The third-order valence-electron chi connectivity index (χ3n) is 3.86. The van der Waals surface area contributed by atoms with E-state index in [0.29, 0.717) is 10.3 Å². The highest BCUT2D eigenvalue weighted by molar-refractivity contribution is 7.20. The molecule has 1 heterocycles. The summed E-state index contributed by atoms with van der Waals surface area (Å²) in [5.41, 5.74) is 0. The van der Waals surface area contributed by atoms with Crippen LogP contribution in [-0.4, -0.2) is 34.5 Å². The Morgan fingerprint density at radius 2 is 2.18 bits per heavy atom. The molecular formula is C16H16FNO3S. The molecule has 1 amide bonds. The van der Waals surface area contributed by atoms with Crippen molar-refractivity contribution in [2.24, 2.45) is 5.92 Å². The predicted octanol–water partition coefficient (Wildman–Crippen LogP) is 3.37. The molecule has 1 saturated carbocycles. The molecule has 1 aliphatic rings. The highest BCUT2D eigenvalue weighted by Gasteiger charge is 2.35. The molecule has 1 aromatic heterocycles. The molecule has 1 aromatic carbocycles. The van der Waals surface area contributed by atoms with Crippen molar-refractivity contribution < 1.29 is 19.1 Å². The first-order valence-corrected chi connectivity index (χ1v) is 8.01. The fourth-order valence-electron chi connectivity index (χ4n) is 2.43. The number of hydrogen-bond donors (Lipinski definition) is 1. The van der Waals surface area contributed by atoms with E-state index in [1.54, 1.807) is 30.0 Å². The monoisotopic (exact) mass is 321 g/mol. The summed E-state index contributed by atoms with van der Waals surface area (Å²) >= 11 is 1.25. The van der Waals surface area contributed by atoms with Crippen LogP contribution in [0.15, 0.2) is 24.3 Å². The predicted molar refractivity (Wildman–Crippen MR) is 82.6 cm³/mol. The molecule has 3 rings (SSSR count). The number of amides is 1. The van der Waals surface area contributed by atoms with E-state index in [2.05, 4.69) is 0 Å². The topological polar surface area (TPSA) is 57.6 Å². The molecule has 0 radical (unpaired) electrons. The minimum atomic E-state index is -0.916. The molecule has 1 atom stereocenters. The molecule has 22 heavy (non-hydrogen) atoms. The first kappa shape index (κ1) is 15.0. The third kappa shape index (κ3) is 2.83. The van der Waals surface area contributed by atoms with Gasteiger partial charge in [-0.3, -0.25) is 9.59 Å². The largest absolute Gasteiger partial charge is 0.481 e. The number of aliphatic carboxylic acids is 1. The maximum absolute atomic E-state index is 13.8. The second-order valence-corrected chi connectivity index (χ2v) is 6.77. The van der Waals surface area contributed by atoms with Crippen LogP contribution < -0.4 is 0 Å². The number of benzene rings is 1. The highest BCUT2D eigenvalue weighted by atomic mass is 32.1. The van der Waals surface area contributed by atoms with Gasteiger partial charge in [-0.2, -0.15) is 0 Å². The number of thiophene rings is 1. The van der Waals surface area contributed by atoms with Gasteiger partial charge in [-0.1, -0.05) is 13.0 Å². The Kier molecular flexibility index (Phi) is 3.87. The summed E-state index contributed by atoms with van der Waals surface area (Å²) in [6, 6.07) is 6.45. The minimum absolute atomic E-state index is 0.115. The summed E-state index contributed by atoms with van der Waals surface area (Å²) in [4.78, 5) is 25.8. The van der Waals surface area contributed by atoms with E-state index in [0.717, 1.165) is 17.5 Å². The maximum Gasteiger partial charge on any atom is 0.308 e. The van der Waals surface area contributed by atoms with Crippen LogP contribution in [0.25, 0.3) is 10.1 Å². The zero-order valence-corrected chi connectivity index (χ0v) is 12.9. The van der Waals surface area contributed by atoms with Gasteiger partial charge in [-0.15, -0.1) is 11.3 Å². The lowest BCUT2D eigenvalue weighted by Crippen LogP contribution is -2.38. The maximum atomic E-state index is 13.8. The van der Waals surface area contributed by atoms with Crippen LogP contribution in [0.4, 0.5) is 4.39 Å². The molecule has 6 heteroatoms. The first-order valence-electron chi connectivity index (χ1n) is 7.19. The van der Waals surface area contributed by atoms with E-state index >= 15 is 0 Å². The van der Waals surface area contributed by atoms with Gasteiger partial charge in [0.25, 0.3) is 5.91 Å². The average Bonchev–Trinajstić information content (AvgIpc) is 3.22. The summed E-state index contributed by atoms with van der Waals surface area (Å²) < 4.78 is 14.5. The molecule has 1 aliphatic carbocycles. The Hall–Kier alpha value is -1.95. The quantitative estimate of drug-likeness (QED) is 0.918. The van der Waals surface area contributed by atoms with E-state index in [9.17, 15) is 14.0 Å². The van der Waals surface area contributed by atoms with Crippen molar-refractivity contribution in [3.63, 3.8) is 0 Å². The molecule has 0 bridgehead atoms. The van der Waals surface area contributed by atoms with Crippen LogP contribution in [0.2, 0.25) is 0 Å². The van der Waals surface area contributed by atoms with Gasteiger partial charge in [0.05, 0.1) is 10.8 Å². The number of fused-ring (bicyclic) bond motifs is 1. The molecule has 1 fully saturated rings. The van der Waals surface area contributed by atoms with E-state index in [1.807, 2.05) is 0 Å². The Labute approximate surface area is 131 Å². The molecule has 2 aromatic rings. The Morgan fingerprint density at radius 1 is 1.45 bits per heavy atom. The normalized spacial score (nSPS) is 15.7. The number of nitrogens with zero attached hydrogens (tertiary/aromatic N) is 1. The van der Waals surface area contributed by atoms with Crippen molar-refractivity contribution in [3.8, 4) is 0 Å². The molecule has 0 spiro atoms. The molecule has 1 unspecified atom stereocenters. The van der Waals surface area contributed by atoms with Crippen molar-refractivity contribution in [2.75, 3.05) is 6.54 Å². The summed E-state index contributed by atoms with van der Waals surface area (Å²) in [5, 5.41) is 9.49. The number of carbonyl (C=O) groups excluding carboxylic acids is 1. The minimum Gasteiger partial charge on any atom is -0.481 e. The number of rotatable bonds is 5. The Morgan fingerprint density at radius 3 is 2.77 bits per heavy atom. The van der Waals surface area contributed by atoms with Gasteiger partial charge in [0.2, 0.25) is 0 Å². The lowest BCUT2D eigenvalue weighted by molar-refractivity contribution is -0.141. The zero-order chi connectivity index (χ0) is 15.9. The zero-order valence-electron chi connectivity index (χ0n) is 12.1. The van der Waals surface area contributed by atoms with E-state index in [-0.39, 0.29) is 24.3 Å². The van der Waals surface area contributed by atoms with Crippen LogP contribution in [0.3, 0.4) is 0 Å². The molecule has 0 aliphatic heterocycles. The standard InChI is InChI=1S/C16H16FNO3S/c1-9(16(20)21)8-18(10-5-6-10)15(19)14-7-11-12(17)3-2-4-13(11)22-14/h2-4,7,9-10H,5-6,8H2,1H3,(H,20,21). The number of carbonyl (C=O) groups is 2. The van der Waals surface area contributed by atoms with Gasteiger partial charge in [-0.25, -0.2) is 4.39 Å². The van der Waals surface area contributed by atoms with Gasteiger partial charge in [0.1, 0.15) is 5.82 Å². The Balaban J connectivity index is 1.88. The molecule has 4 nitrogen and oxygen atoms in total. The summed E-state index contributed by atoms with van der Waals surface area (Å²) in [6.45, 7) is 1.78. The molecule has 116 valence electrons. The van der Waals surface area contributed by atoms with E-state index < -0.39 is 11.9 Å². The van der Waals surface area contributed by atoms with Crippen molar-refractivity contribution >= 4 is 33.3 Å². The third-order valence-corrected chi connectivity index (χ3v) is 4.95. The summed E-state index contributed by atoms with van der Waals surface area (Å²) in [7, 11) is 0. The van der Waals surface area contributed by atoms with Gasteiger partial charge < -0.3 is 10.0 Å². The van der Waals surface area contributed by atoms with Crippen molar-refractivity contribution in [3.05, 3.63) is 35.0 Å². The van der Waals surface area contributed by atoms with Gasteiger partial charge in [0, 0.05) is 22.7 Å². The highest BCUT2D eigenvalue weighted by Crippen LogP contribution is 2.33. The first-order chi connectivity index (χ1) is 10.5. The lowest BCUT2D eigenvalue weighted by Gasteiger charge is -2.23. The molecule has 1 N–H and O–H groups in total. The number of carboxylic acids is 1. The van der Waals surface area contributed by atoms with E-state index in [4.69, 9.17) is 5.11 Å². The fraction of sp³-hybridized carbons (Fsp3) is 0.375. The SMILES string of the molecule is CC(CN(C(=O)c1cc2c(F)cccc2s1)C1CC1)C(=O)O. The molecule has 0 saturated heterocycles. The van der Waals surface area contributed by atoms with Crippen molar-refractivity contribution in [1.29, 1.82) is 0 Å². The smallest absolute Gasteiger partial charge is 0.308 e. The fourth-order valence-corrected chi connectivity index (χ4v) is 3.46. The van der Waals surface area contributed by atoms with Gasteiger partial charge >= 0.3 is 5.97 Å². The second-order valence-electron chi connectivity index (χ2n) is 5.69. The van der Waals surface area contributed by atoms with Crippen LogP contribution in [0, 0.1) is 11.7 Å². The van der Waals surface area contributed by atoms with Crippen LogP contribution in [-0.2, 0) is 4.79 Å². The van der Waals surface area contributed by atoms with Gasteiger partial charge in [0.15, 0.2) is 0 Å². The second kappa shape index (κ2) is 5.68. The molecular weight excluding hydrogens is 305 g/mol. The van der Waals surface area contributed by atoms with Crippen LogP contribution in [0.5, 0.6) is 0 Å². The van der Waals surface area contributed by atoms with E-state index in [1.165, 1.54) is 17.4 Å². The van der Waals surface area contributed by atoms with Crippen LogP contribution >= 0.6 is 11.3 Å². The summed E-state index contributed by atoms with van der Waals surface area (Å²) in [6.07, 6.45) is 1.80. The average molecular weight is 321 g/mol. The Bertz CT molecular complexity index is 738. The van der Waals surface area contributed by atoms with Crippen molar-refractivity contribution in [2.45, 2.75) is 25.8 Å².